The monoisotopic (exact) mass is 401 g/mol. The SMILES string of the molecule is NC(N)=NCCC[C@H](NC(=O)[C@@H](Cc1ccccc1)NP(=O)(O)O)C(=O)O. The number of hydrogen-bond donors (Lipinski definition) is 7. The Morgan fingerprint density at radius 1 is 1.15 bits per heavy atom. The van der Waals surface area contributed by atoms with E-state index in [0.29, 0.717) is 12.0 Å². The van der Waals surface area contributed by atoms with Gasteiger partial charge in [0.25, 0.3) is 0 Å². The quantitative estimate of drug-likeness (QED) is 0.104. The molecule has 1 aromatic carbocycles. The molecule has 0 aliphatic carbocycles. The van der Waals surface area contributed by atoms with Gasteiger partial charge in [-0.25, -0.2) is 14.4 Å². The molecule has 0 spiro atoms. The smallest absolute Gasteiger partial charge is 0.401 e. The Labute approximate surface area is 156 Å². The normalized spacial score (nSPS) is 13.4. The number of aliphatic carboxylic acids is 1. The van der Waals surface area contributed by atoms with Gasteiger partial charge in [0.05, 0.1) is 0 Å². The first-order chi connectivity index (χ1) is 12.6. The van der Waals surface area contributed by atoms with Gasteiger partial charge in [-0.2, -0.15) is 0 Å². The summed E-state index contributed by atoms with van der Waals surface area (Å²) in [6.45, 7) is 0.191. The number of rotatable bonds is 11. The van der Waals surface area contributed by atoms with Crippen molar-refractivity contribution in [1.82, 2.24) is 10.4 Å². The first kappa shape index (κ1) is 22.6. The van der Waals surface area contributed by atoms with Crippen molar-refractivity contribution in [2.24, 2.45) is 16.5 Å². The number of amides is 1. The fraction of sp³-hybridized carbons (Fsp3) is 0.400. The molecular formula is C15H24N5O6P. The average molecular weight is 401 g/mol. The minimum Gasteiger partial charge on any atom is -0.480 e. The molecule has 9 N–H and O–H groups in total. The van der Waals surface area contributed by atoms with Gasteiger partial charge in [0.15, 0.2) is 5.96 Å². The summed E-state index contributed by atoms with van der Waals surface area (Å²) in [5.41, 5.74) is 11.0. The zero-order chi connectivity index (χ0) is 20.4. The van der Waals surface area contributed by atoms with Gasteiger partial charge < -0.3 is 31.7 Å². The van der Waals surface area contributed by atoms with Gasteiger partial charge in [0.2, 0.25) is 5.91 Å². The molecule has 0 fully saturated rings. The Morgan fingerprint density at radius 3 is 2.30 bits per heavy atom. The zero-order valence-electron chi connectivity index (χ0n) is 14.5. The van der Waals surface area contributed by atoms with E-state index < -0.39 is 31.7 Å². The molecule has 0 radical (unpaired) electrons. The van der Waals surface area contributed by atoms with E-state index in [2.05, 4.69) is 10.3 Å². The van der Waals surface area contributed by atoms with Crippen LogP contribution in [0.2, 0.25) is 0 Å². The topological polar surface area (TPSA) is 200 Å². The van der Waals surface area contributed by atoms with Crippen LogP contribution < -0.4 is 21.9 Å². The van der Waals surface area contributed by atoms with Crippen molar-refractivity contribution in [2.75, 3.05) is 6.54 Å². The fourth-order valence-electron chi connectivity index (χ4n) is 2.28. The average Bonchev–Trinajstić information content (AvgIpc) is 2.56. The Morgan fingerprint density at radius 2 is 1.78 bits per heavy atom. The van der Waals surface area contributed by atoms with Crippen LogP contribution in [0, 0.1) is 0 Å². The Hall–Kier alpha value is -2.46. The Bertz CT molecular complexity index is 704. The Kier molecular flexibility index (Phi) is 8.89. The van der Waals surface area contributed by atoms with Crippen LogP contribution in [0.3, 0.4) is 0 Å². The lowest BCUT2D eigenvalue weighted by Gasteiger charge is -2.22. The number of nitrogens with zero attached hydrogens (tertiary/aromatic N) is 1. The third kappa shape index (κ3) is 9.71. The van der Waals surface area contributed by atoms with Gasteiger partial charge in [-0.15, -0.1) is 0 Å². The summed E-state index contributed by atoms with van der Waals surface area (Å²) in [6.07, 6.45) is 0.314. The number of carboxylic acid groups (broad SMARTS) is 1. The van der Waals surface area contributed by atoms with E-state index in [1.165, 1.54) is 0 Å². The maximum Gasteiger partial charge on any atom is 0.401 e. The van der Waals surface area contributed by atoms with Gasteiger partial charge in [-0.1, -0.05) is 30.3 Å². The van der Waals surface area contributed by atoms with Crippen molar-refractivity contribution in [3.05, 3.63) is 35.9 Å². The number of guanidine groups is 1. The number of aliphatic imine (C=N–C) groups is 1. The van der Waals surface area contributed by atoms with E-state index in [1.807, 2.05) is 5.09 Å². The summed E-state index contributed by atoms with van der Waals surface area (Å²) in [5, 5.41) is 13.5. The first-order valence-corrected chi connectivity index (χ1v) is 9.65. The standard InChI is InChI=1S/C15H24N5O6P/c16-15(17)18-8-4-7-11(14(22)23)19-13(21)12(20-27(24,25)26)9-10-5-2-1-3-6-10/h1-3,5-6,11-12H,4,7-9H2,(H,19,21)(H,22,23)(H4,16,17,18)(H3,20,24,25,26)/t11-,12+/m0/s1. The third-order valence-electron chi connectivity index (χ3n) is 3.48. The predicted octanol–water partition coefficient (Wildman–Crippen LogP) is -1.10. The van der Waals surface area contributed by atoms with E-state index in [-0.39, 0.29) is 25.3 Å². The molecule has 0 aliphatic rings. The summed E-state index contributed by atoms with van der Waals surface area (Å²) in [6, 6.07) is 6.00. The predicted molar refractivity (Wildman–Crippen MR) is 98.6 cm³/mol. The van der Waals surface area contributed by atoms with Gasteiger partial charge in [-0.05, 0) is 24.8 Å². The van der Waals surface area contributed by atoms with Crippen LogP contribution in [-0.4, -0.2) is 51.4 Å². The minimum atomic E-state index is -4.72. The van der Waals surface area contributed by atoms with Crippen LogP contribution in [-0.2, 0) is 20.6 Å². The lowest BCUT2D eigenvalue weighted by atomic mass is 10.1. The summed E-state index contributed by atoms with van der Waals surface area (Å²) >= 11 is 0. The van der Waals surface area contributed by atoms with Crippen LogP contribution in [0.15, 0.2) is 35.3 Å². The summed E-state index contributed by atoms with van der Waals surface area (Å²) in [4.78, 5) is 45.8. The lowest BCUT2D eigenvalue weighted by molar-refractivity contribution is -0.142. The largest absolute Gasteiger partial charge is 0.480 e. The second-order valence-corrected chi connectivity index (χ2v) is 7.11. The first-order valence-electron chi connectivity index (χ1n) is 8.04. The molecule has 0 saturated carbocycles. The lowest BCUT2D eigenvalue weighted by Crippen LogP contribution is -2.50. The van der Waals surface area contributed by atoms with Gasteiger partial charge in [0, 0.05) is 6.54 Å². The van der Waals surface area contributed by atoms with Crippen molar-refractivity contribution in [3.63, 3.8) is 0 Å². The highest BCUT2D eigenvalue weighted by Gasteiger charge is 2.29. The molecule has 0 aromatic heterocycles. The van der Waals surface area contributed by atoms with Crippen molar-refractivity contribution in [1.29, 1.82) is 0 Å². The molecule has 11 nitrogen and oxygen atoms in total. The molecular weight excluding hydrogens is 377 g/mol. The molecule has 150 valence electrons. The molecule has 0 heterocycles. The number of carboxylic acids is 1. The van der Waals surface area contributed by atoms with Crippen molar-refractivity contribution in [3.8, 4) is 0 Å². The van der Waals surface area contributed by atoms with Crippen molar-refractivity contribution in [2.45, 2.75) is 31.3 Å². The van der Waals surface area contributed by atoms with E-state index in [1.54, 1.807) is 30.3 Å². The highest BCUT2D eigenvalue weighted by Crippen LogP contribution is 2.29. The fourth-order valence-corrected chi connectivity index (χ4v) is 2.90. The van der Waals surface area contributed by atoms with Crippen molar-refractivity contribution >= 4 is 25.6 Å². The Balaban J connectivity index is 2.80. The van der Waals surface area contributed by atoms with E-state index in [0.717, 1.165) is 0 Å². The third-order valence-corrected chi connectivity index (χ3v) is 4.13. The maximum absolute atomic E-state index is 12.4. The molecule has 1 amide bonds. The van der Waals surface area contributed by atoms with Crippen LogP contribution in [0.4, 0.5) is 0 Å². The number of hydrogen-bond acceptors (Lipinski definition) is 4. The van der Waals surface area contributed by atoms with Crippen LogP contribution in [0.5, 0.6) is 0 Å². The molecule has 27 heavy (non-hydrogen) atoms. The number of nitrogens with two attached hydrogens (primary N) is 2. The van der Waals surface area contributed by atoms with Gasteiger partial charge in [-0.3, -0.25) is 9.79 Å². The minimum absolute atomic E-state index is 0.0296. The summed E-state index contributed by atoms with van der Waals surface area (Å²) in [5.74, 6) is -2.24. The van der Waals surface area contributed by atoms with E-state index in [4.69, 9.17) is 21.3 Å². The maximum atomic E-state index is 12.4. The number of carbonyl (C=O) groups is 2. The number of benzene rings is 1. The van der Waals surface area contributed by atoms with Crippen molar-refractivity contribution < 1.29 is 29.0 Å². The zero-order valence-corrected chi connectivity index (χ0v) is 15.4. The number of nitrogens with one attached hydrogen (secondary N) is 2. The summed E-state index contributed by atoms with van der Waals surface area (Å²) in [7, 11) is -4.72. The molecule has 0 aliphatic heterocycles. The van der Waals surface area contributed by atoms with E-state index >= 15 is 0 Å². The molecule has 2 atom stereocenters. The van der Waals surface area contributed by atoms with Gasteiger partial charge in [0.1, 0.15) is 12.1 Å². The second-order valence-electron chi connectivity index (χ2n) is 5.76. The summed E-state index contributed by atoms with van der Waals surface area (Å²) < 4.78 is 11.3. The molecule has 1 rings (SSSR count). The number of carbonyl (C=O) groups excluding carboxylic acids is 1. The van der Waals surface area contributed by atoms with Crippen LogP contribution in [0.25, 0.3) is 0 Å². The van der Waals surface area contributed by atoms with Crippen LogP contribution >= 0.6 is 7.75 Å². The van der Waals surface area contributed by atoms with E-state index in [9.17, 15) is 19.3 Å². The molecule has 12 heteroatoms. The molecule has 0 unspecified atom stereocenters. The highest BCUT2D eigenvalue weighted by molar-refractivity contribution is 7.49. The van der Waals surface area contributed by atoms with Crippen LogP contribution in [0.1, 0.15) is 18.4 Å². The molecule has 1 aromatic rings. The highest BCUT2D eigenvalue weighted by atomic mass is 31.2. The molecule has 0 bridgehead atoms. The second kappa shape index (κ2) is 10.6. The van der Waals surface area contributed by atoms with Gasteiger partial charge >= 0.3 is 13.7 Å². The molecule has 0 saturated heterocycles.